The summed E-state index contributed by atoms with van der Waals surface area (Å²) in [5.74, 6) is 0.766. The average molecular weight is 165 g/mol. The van der Waals surface area contributed by atoms with E-state index in [1.54, 1.807) is 14.0 Å². The van der Waals surface area contributed by atoms with Crippen molar-refractivity contribution in [1.82, 2.24) is 5.43 Å². The van der Waals surface area contributed by atoms with Crippen molar-refractivity contribution in [1.29, 1.82) is 5.41 Å². The number of nitrogens with one attached hydrogen (secondary N) is 2. The number of nitrogens with zero attached hydrogens (tertiary/aromatic N) is 3. The average Bonchev–Trinajstić information content (AvgIpc) is 1.96. The van der Waals surface area contributed by atoms with E-state index in [9.17, 15) is 0 Å². The van der Waals surface area contributed by atoms with E-state index in [2.05, 4.69) is 20.5 Å². The van der Waals surface area contributed by atoms with E-state index in [1.165, 1.54) is 0 Å². The quantitative estimate of drug-likeness (QED) is 0.543. The standard InChI is InChI=1S/C7H11N5/c1-4-6(12-9-3)7(8)11-5(2)10-4/h8-9H,1-3H3/b8-7?,12-6-. The first-order chi connectivity index (χ1) is 5.65. The maximum Gasteiger partial charge on any atom is 0.176 e. The Labute approximate surface area is 70.8 Å². The first kappa shape index (κ1) is 8.58. The number of hydrogen-bond donors (Lipinski definition) is 2. The van der Waals surface area contributed by atoms with Crippen molar-refractivity contribution in [3.8, 4) is 0 Å². The molecule has 0 aliphatic carbocycles. The predicted octanol–water partition coefficient (Wildman–Crippen LogP) is 0.432. The molecule has 1 aliphatic heterocycles. The third-order valence-corrected chi connectivity index (χ3v) is 1.39. The van der Waals surface area contributed by atoms with Gasteiger partial charge in [0.15, 0.2) is 5.84 Å². The van der Waals surface area contributed by atoms with Crippen molar-refractivity contribution >= 4 is 23.1 Å². The fourth-order valence-electron chi connectivity index (χ4n) is 0.952. The lowest BCUT2D eigenvalue weighted by Crippen LogP contribution is -2.27. The van der Waals surface area contributed by atoms with E-state index in [1.807, 2.05) is 6.92 Å². The normalized spacial score (nSPS) is 20.6. The Morgan fingerprint density at radius 2 is 2.00 bits per heavy atom. The first-order valence-corrected chi connectivity index (χ1v) is 3.59. The van der Waals surface area contributed by atoms with Gasteiger partial charge in [-0.3, -0.25) is 5.41 Å². The Hall–Kier alpha value is -1.52. The molecule has 5 heteroatoms. The molecule has 0 aromatic heterocycles. The van der Waals surface area contributed by atoms with Crippen LogP contribution in [0.15, 0.2) is 15.1 Å². The highest BCUT2D eigenvalue weighted by Crippen LogP contribution is 1.98. The molecule has 12 heavy (non-hydrogen) atoms. The second-order valence-electron chi connectivity index (χ2n) is 2.39. The van der Waals surface area contributed by atoms with Crippen molar-refractivity contribution < 1.29 is 0 Å². The number of aliphatic imine (C=N–C) groups is 2. The van der Waals surface area contributed by atoms with Gasteiger partial charge in [0.25, 0.3) is 0 Å². The smallest absolute Gasteiger partial charge is 0.176 e. The minimum Gasteiger partial charge on any atom is -0.312 e. The molecular weight excluding hydrogens is 154 g/mol. The molecule has 0 atom stereocenters. The van der Waals surface area contributed by atoms with Gasteiger partial charge in [0.1, 0.15) is 11.5 Å². The molecule has 0 amide bonds. The van der Waals surface area contributed by atoms with Gasteiger partial charge >= 0.3 is 0 Å². The Kier molecular flexibility index (Phi) is 2.32. The zero-order valence-corrected chi connectivity index (χ0v) is 7.34. The highest BCUT2D eigenvalue weighted by atomic mass is 15.3. The van der Waals surface area contributed by atoms with Gasteiger partial charge < -0.3 is 5.43 Å². The minimum absolute atomic E-state index is 0.161. The van der Waals surface area contributed by atoms with Gasteiger partial charge in [0.2, 0.25) is 0 Å². The number of amidine groups is 2. The molecule has 1 aliphatic rings. The van der Waals surface area contributed by atoms with Gasteiger partial charge in [0, 0.05) is 7.05 Å². The number of hydrazone groups is 1. The lowest BCUT2D eigenvalue weighted by Gasteiger charge is -2.08. The van der Waals surface area contributed by atoms with Crippen LogP contribution in [0.4, 0.5) is 0 Å². The van der Waals surface area contributed by atoms with Gasteiger partial charge in [-0.25, -0.2) is 9.98 Å². The molecular formula is C7H11N5. The second kappa shape index (κ2) is 3.25. The SMILES string of the molecule is CN/N=C1\C(=N)N=C(C)N=C1C. The van der Waals surface area contributed by atoms with Crippen molar-refractivity contribution in [3.05, 3.63) is 0 Å². The van der Waals surface area contributed by atoms with Crippen molar-refractivity contribution in [3.63, 3.8) is 0 Å². The molecule has 1 heterocycles. The van der Waals surface area contributed by atoms with E-state index in [4.69, 9.17) is 5.41 Å². The molecule has 0 spiro atoms. The summed E-state index contributed by atoms with van der Waals surface area (Å²) in [5.41, 5.74) is 3.84. The molecule has 0 aromatic rings. The molecule has 5 nitrogen and oxygen atoms in total. The third-order valence-electron chi connectivity index (χ3n) is 1.39. The fraction of sp³-hybridized carbons (Fsp3) is 0.429. The van der Waals surface area contributed by atoms with Gasteiger partial charge in [-0.1, -0.05) is 0 Å². The van der Waals surface area contributed by atoms with Crippen LogP contribution in [0.1, 0.15) is 13.8 Å². The monoisotopic (exact) mass is 165 g/mol. The molecule has 2 N–H and O–H groups in total. The number of hydrogen-bond acceptors (Lipinski definition) is 4. The maximum atomic E-state index is 7.47. The Bertz CT molecular complexity index is 297. The molecule has 64 valence electrons. The van der Waals surface area contributed by atoms with Crippen LogP contribution in [0.3, 0.4) is 0 Å². The van der Waals surface area contributed by atoms with Crippen LogP contribution < -0.4 is 5.43 Å². The summed E-state index contributed by atoms with van der Waals surface area (Å²) in [6.45, 7) is 3.57. The molecule has 0 fully saturated rings. The van der Waals surface area contributed by atoms with Gasteiger partial charge in [-0.2, -0.15) is 5.10 Å². The largest absolute Gasteiger partial charge is 0.312 e. The summed E-state index contributed by atoms with van der Waals surface area (Å²) in [4.78, 5) is 7.96. The zero-order valence-electron chi connectivity index (χ0n) is 7.34. The molecule has 0 bridgehead atoms. The molecule has 0 saturated heterocycles. The van der Waals surface area contributed by atoms with Crippen molar-refractivity contribution in [2.45, 2.75) is 13.8 Å². The van der Waals surface area contributed by atoms with E-state index in [-0.39, 0.29) is 5.84 Å². The molecule has 0 saturated carbocycles. The molecule has 0 radical (unpaired) electrons. The first-order valence-electron chi connectivity index (χ1n) is 3.59. The summed E-state index contributed by atoms with van der Waals surface area (Å²) in [6.07, 6.45) is 0. The number of rotatable bonds is 1. The highest BCUT2D eigenvalue weighted by molar-refractivity contribution is 6.69. The zero-order chi connectivity index (χ0) is 9.14. The Balaban J connectivity index is 3.03. The summed E-state index contributed by atoms with van der Waals surface area (Å²) >= 11 is 0. The molecule has 1 rings (SSSR count). The van der Waals surface area contributed by atoms with E-state index in [0.29, 0.717) is 11.5 Å². The highest BCUT2D eigenvalue weighted by Gasteiger charge is 2.15. The van der Waals surface area contributed by atoms with Crippen molar-refractivity contribution in [2.75, 3.05) is 7.05 Å². The van der Waals surface area contributed by atoms with E-state index < -0.39 is 0 Å². The lowest BCUT2D eigenvalue weighted by molar-refractivity contribution is 0.905. The van der Waals surface area contributed by atoms with Gasteiger partial charge in [0.05, 0.1) is 5.71 Å². The Morgan fingerprint density at radius 1 is 1.33 bits per heavy atom. The summed E-state index contributed by atoms with van der Waals surface area (Å²) in [5, 5.41) is 11.4. The van der Waals surface area contributed by atoms with Crippen LogP contribution in [0.25, 0.3) is 0 Å². The van der Waals surface area contributed by atoms with Crippen LogP contribution in [0.5, 0.6) is 0 Å². The van der Waals surface area contributed by atoms with Crippen LogP contribution >= 0.6 is 0 Å². The Morgan fingerprint density at radius 3 is 2.50 bits per heavy atom. The van der Waals surface area contributed by atoms with E-state index >= 15 is 0 Å². The molecule has 0 unspecified atom stereocenters. The predicted molar refractivity (Wildman–Crippen MR) is 50.4 cm³/mol. The van der Waals surface area contributed by atoms with E-state index in [0.717, 1.165) is 5.71 Å². The lowest BCUT2D eigenvalue weighted by atomic mass is 10.2. The van der Waals surface area contributed by atoms with Crippen LogP contribution in [0.2, 0.25) is 0 Å². The van der Waals surface area contributed by atoms with Crippen LogP contribution in [-0.2, 0) is 0 Å². The fourth-order valence-corrected chi connectivity index (χ4v) is 0.952. The third kappa shape index (κ3) is 1.55. The summed E-state index contributed by atoms with van der Waals surface area (Å²) in [6, 6.07) is 0. The topological polar surface area (TPSA) is 73.0 Å². The van der Waals surface area contributed by atoms with Gasteiger partial charge in [-0.15, -0.1) is 0 Å². The summed E-state index contributed by atoms with van der Waals surface area (Å²) < 4.78 is 0. The maximum absolute atomic E-state index is 7.47. The minimum atomic E-state index is 0.161. The van der Waals surface area contributed by atoms with Crippen LogP contribution in [0, 0.1) is 5.41 Å². The van der Waals surface area contributed by atoms with Crippen LogP contribution in [-0.4, -0.2) is 30.1 Å². The van der Waals surface area contributed by atoms with Gasteiger partial charge in [-0.05, 0) is 13.8 Å². The van der Waals surface area contributed by atoms with Crippen molar-refractivity contribution in [2.24, 2.45) is 15.1 Å². The second-order valence-corrected chi connectivity index (χ2v) is 2.39. The summed E-state index contributed by atoms with van der Waals surface area (Å²) in [7, 11) is 1.68. The molecule has 0 aromatic carbocycles.